The molecule has 4 nitrogen and oxygen atoms in total. The van der Waals surface area contributed by atoms with Gasteiger partial charge in [-0.3, -0.25) is 0 Å². The molecule has 0 radical (unpaired) electrons. The van der Waals surface area contributed by atoms with Gasteiger partial charge in [-0.15, -0.1) is 0 Å². The number of alkyl halides is 3. The molecule has 0 heterocycles. The van der Waals surface area contributed by atoms with E-state index in [4.69, 9.17) is 16.3 Å². The number of carbonyl (C=O) groups excluding carboxylic acids is 1. The van der Waals surface area contributed by atoms with E-state index in [0.717, 1.165) is 24.5 Å². The molecule has 0 bridgehead atoms. The van der Waals surface area contributed by atoms with Crippen molar-refractivity contribution in [1.82, 2.24) is 0 Å². The number of hydrogen-bond acceptors (Lipinski definition) is 4. The van der Waals surface area contributed by atoms with Crippen LogP contribution in [0.4, 0.5) is 13.2 Å². The average molecular weight is 393 g/mol. The molecular formula is C16H12ClF3O4S. The third-order valence-electron chi connectivity index (χ3n) is 3.24. The molecule has 0 aliphatic heterocycles. The van der Waals surface area contributed by atoms with E-state index in [0.29, 0.717) is 5.56 Å². The van der Waals surface area contributed by atoms with Gasteiger partial charge in [0.05, 0.1) is 21.0 Å². The summed E-state index contributed by atoms with van der Waals surface area (Å²) in [6.07, 6.45) is -3.47. The maximum Gasteiger partial charge on any atom is 0.416 e. The summed E-state index contributed by atoms with van der Waals surface area (Å²) in [5, 5.41) is 0.00446. The first-order chi connectivity index (χ1) is 11.5. The van der Waals surface area contributed by atoms with Gasteiger partial charge in [0.2, 0.25) is 0 Å². The second kappa shape index (κ2) is 7.05. The molecule has 0 fully saturated rings. The van der Waals surface area contributed by atoms with Crippen molar-refractivity contribution in [3.05, 3.63) is 64.2 Å². The number of sulfone groups is 1. The summed E-state index contributed by atoms with van der Waals surface area (Å²) in [7, 11) is -3.53. The predicted octanol–water partition coefficient (Wildman–Crippen LogP) is 4.12. The van der Waals surface area contributed by atoms with Crippen LogP contribution in [-0.4, -0.2) is 20.6 Å². The summed E-state index contributed by atoms with van der Waals surface area (Å²) < 4.78 is 65.5. The lowest BCUT2D eigenvalue weighted by molar-refractivity contribution is -0.137. The first-order valence-electron chi connectivity index (χ1n) is 6.81. The lowest BCUT2D eigenvalue weighted by Crippen LogP contribution is -2.08. The van der Waals surface area contributed by atoms with E-state index in [1.165, 1.54) is 24.3 Å². The van der Waals surface area contributed by atoms with Crippen LogP contribution >= 0.6 is 11.6 Å². The molecule has 2 aromatic rings. The minimum atomic E-state index is -4.45. The molecule has 134 valence electrons. The highest BCUT2D eigenvalue weighted by Gasteiger charge is 2.30. The number of esters is 1. The second-order valence-electron chi connectivity index (χ2n) is 5.18. The van der Waals surface area contributed by atoms with Gasteiger partial charge in [-0.25, -0.2) is 13.2 Å². The molecule has 25 heavy (non-hydrogen) atoms. The van der Waals surface area contributed by atoms with E-state index >= 15 is 0 Å². The minimum absolute atomic E-state index is 0.00446. The van der Waals surface area contributed by atoms with Gasteiger partial charge in [0, 0.05) is 6.26 Å². The van der Waals surface area contributed by atoms with E-state index in [-0.39, 0.29) is 22.1 Å². The van der Waals surface area contributed by atoms with Crippen molar-refractivity contribution in [2.75, 3.05) is 6.26 Å². The Bertz CT molecular complexity index is 891. The van der Waals surface area contributed by atoms with Crippen LogP contribution in [-0.2, 0) is 27.4 Å². The number of carbonyl (C=O) groups is 1. The standard InChI is InChI=1S/C16H12ClF3O4S/c1-25(22,23)12-6-7-14(17)13(8-12)15(21)24-9-10-2-4-11(5-3-10)16(18,19)20/h2-8H,9H2,1H3. The SMILES string of the molecule is CS(=O)(=O)c1ccc(Cl)c(C(=O)OCc2ccc(C(F)(F)F)cc2)c1. The molecule has 0 unspecified atom stereocenters. The van der Waals surface area contributed by atoms with Gasteiger partial charge in [0.25, 0.3) is 0 Å². The van der Waals surface area contributed by atoms with Crippen molar-refractivity contribution >= 4 is 27.4 Å². The smallest absolute Gasteiger partial charge is 0.416 e. The van der Waals surface area contributed by atoms with E-state index in [1.54, 1.807) is 0 Å². The van der Waals surface area contributed by atoms with E-state index < -0.39 is 27.5 Å². The molecule has 0 aliphatic rings. The molecule has 0 saturated carbocycles. The van der Waals surface area contributed by atoms with Gasteiger partial charge in [-0.1, -0.05) is 23.7 Å². The number of hydrogen-bond donors (Lipinski definition) is 0. The van der Waals surface area contributed by atoms with Crippen molar-refractivity contribution in [2.45, 2.75) is 17.7 Å². The Balaban J connectivity index is 2.13. The van der Waals surface area contributed by atoms with E-state index in [9.17, 15) is 26.4 Å². The third kappa shape index (κ3) is 4.96. The topological polar surface area (TPSA) is 60.4 Å². The summed E-state index contributed by atoms with van der Waals surface area (Å²) in [5.41, 5.74) is -0.611. The molecule has 9 heteroatoms. The minimum Gasteiger partial charge on any atom is -0.457 e. The number of halogens is 4. The fourth-order valence-corrected chi connectivity index (χ4v) is 2.75. The Kier molecular flexibility index (Phi) is 5.43. The van der Waals surface area contributed by atoms with Crippen molar-refractivity contribution in [2.24, 2.45) is 0 Å². The molecule has 0 saturated heterocycles. The van der Waals surface area contributed by atoms with Crippen LogP contribution in [0.1, 0.15) is 21.5 Å². The molecule has 2 aromatic carbocycles. The highest BCUT2D eigenvalue weighted by Crippen LogP contribution is 2.29. The lowest BCUT2D eigenvalue weighted by Gasteiger charge is -2.09. The van der Waals surface area contributed by atoms with Crippen molar-refractivity contribution < 1.29 is 31.1 Å². The average Bonchev–Trinajstić information content (AvgIpc) is 2.51. The normalized spacial score (nSPS) is 12.0. The molecule has 0 aliphatic carbocycles. The van der Waals surface area contributed by atoms with Crippen LogP contribution in [0, 0.1) is 0 Å². The third-order valence-corrected chi connectivity index (χ3v) is 4.68. The maximum atomic E-state index is 12.5. The molecular weight excluding hydrogens is 381 g/mol. The Labute approximate surface area is 147 Å². The number of ether oxygens (including phenoxy) is 1. The fraction of sp³-hybridized carbons (Fsp3) is 0.188. The molecule has 0 spiro atoms. The summed E-state index contributed by atoms with van der Waals surface area (Å²) in [4.78, 5) is 12.0. The van der Waals surface area contributed by atoms with Crippen molar-refractivity contribution in [3.63, 3.8) is 0 Å². The Hall–Kier alpha value is -2.06. The molecule has 0 N–H and O–H groups in total. The van der Waals surface area contributed by atoms with Gasteiger partial charge >= 0.3 is 12.1 Å². The Morgan fingerprint density at radius 3 is 2.24 bits per heavy atom. The van der Waals surface area contributed by atoms with Gasteiger partial charge in [0.1, 0.15) is 6.61 Å². The maximum absolute atomic E-state index is 12.5. The van der Waals surface area contributed by atoms with Gasteiger partial charge < -0.3 is 4.74 Å². The number of benzene rings is 2. The fourth-order valence-electron chi connectivity index (χ4n) is 1.91. The predicted molar refractivity (Wildman–Crippen MR) is 85.1 cm³/mol. The highest BCUT2D eigenvalue weighted by molar-refractivity contribution is 7.90. The first-order valence-corrected chi connectivity index (χ1v) is 9.08. The zero-order chi connectivity index (χ0) is 18.8. The first kappa shape index (κ1) is 19.3. The van der Waals surface area contributed by atoms with E-state index in [1.807, 2.05) is 0 Å². The van der Waals surface area contributed by atoms with Gasteiger partial charge in [-0.05, 0) is 35.9 Å². The largest absolute Gasteiger partial charge is 0.457 e. The molecule has 0 aromatic heterocycles. The summed E-state index contributed by atoms with van der Waals surface area (Å²) in [6, 6.07) is 7.72. The molecule has 2 rings (SSSR count). The van der Waals surface area contributed by atoms with Crippen LogP contribution < -0.4 is 0 Å². The number of rotatable bonds is 4. The molecule has 0 amide bonds. The zero-order valence-corrected chi connectivity index (χ0v) is 14.4. The summed E-state index contributed by atoms with van der Waals surface area (Å²) in [5.74, 6) is -0.879. The van der Waals surface area contributed by atoms with Crippen LogP contribution in [0.25, 0.3) is 0 Å². The van der Waals surface area contributed by atoms with Gasteiger partial charge in [0.15, 0.2) is 9.84 Å². The van der Waals surface area contributed by atoms with E-state index in [2.05, 4.69) is 0 Å². The lowest BCUT2D eigenvalue weighted by atomic mass is 10.1. The Morgan fingerprint density at radius 2 is 1.72 bits per heavy atom. The van der Waals surface area contributed by atoms with Crippen molar-refractivity contribution in [1.29, 1.82) is 0 Å². The van der Waals surface area contributed by atoms with Crippen LogP contribution in [0.15, 0.2) is 47.4 Å². The van der Waals surface area contributed by atoms with Crippen molar-refractivity contribution in [3.8, 4) is 0 Å². The van der Waals surface area contributed by atoms with Gasteiger partial charge in [-0.2, -0.15) is 13.2 Å². The molecule has 0 atom stereocenters. The highest BCUT2D eigenvalue weighted by atomic mass is 35.5. The summed E-state index contributed by atoms with van der Waals surface area (Å²) >= 11 is 5.87. The monoisotopic (exact) mass is 392 g/mol. The van der Waals surface area contributed by atoms with Crippen LogP contribution in [0.2, 0.25) is 5.02 Å². The van der Waals surface area contributed by atoms with Crippen LogP contribution in [0.5, 0.6) is 0 Å². The van der Waals surface area contributed by atoms with Crippen LogP contribution in [0.3, 0.4) is 0 Å². The zero-order valence-electron chi connectivity index (χ0n) is 12.8. The Morgan fingerprint density at radius 1 is 1.12 bits per heavy atom. The second-order valence-corrected chi connectivity index (χ2v) is 7.61. The quantitative estimate of drug-likeness (QED) is 0.734. The summed E-state index contributed by atoms with van der Waals surface area (Å²) in [6.45, 7) is -0.281.